The minimum atomic E-state index is -0.468. The Bertz CT molecular complexity index is 408. The van der Waals surface area contributed by atoms with Gasteiger partial charge in [-0.3, -0.25) is 9.72 Å². The number of aliphatic hydroxyl groups excluding tert-OH is 1. The lowest BCUT2D eigenvalue weighted by molar-refractivity contribution is 0.0904. The summed E-state index contributed by atoms with van der Waals surface area (Å²) in [5, 5.41) is 14.4. The van der Waals surface area contributed by atoms with Crippen LogP contribution in [0.3, 0.4) is 0 Å². The molecule has 2 atom stereocenters. The third-order valence-corrected chi connectivity index (χ3v) is 3.28. The first-order valence-corrected chi connectivity index (χ1v) is 5.85. The molecule has 2 aromatic heterocycles. The number of rotatable bonds is 4. The van der Waals surface area contributed by atoms with Gasteiger partial charge in [-0.2, -0.15) is 0 Å². The minimum absolute atomic E-state index is 0.166. The van der Waals surface area contributed by atoms with Crippen LogP contribution in [0.5, 0.6) is 0 Å². The van der Waals surface area contributed by atoms with Crippen molar-refractivity contribution in [2.75, 3.05) is 7.05 Å². The van der Waals surface area contributed by atoms with Gasteiger partial charge in [-0.25, -0.2) is 4.98 Å². The van der Waals surface area contributed by atoms with Crippen molar-refractivity contribution in [3.63, 3.8) is 0 Å². The zero-order valence-electron chi connectivity index (χ0n) is 8.84. The molecular weight excluding hydrogens is 210 g/mol. The predicted molar refractivity (Wildman–Crippen MR) is 61.0 cm³/mol. The number of thiazole rings is 1. The second kappa shape index (κ2) is 4.30. The number of aliphatic hydroxyl groups is 1. The average Bonchev–Trinajstić information content (AvgIpc) is 2.76. The Hall–Kier alpha value is -0.910. The van der Waals surface area contributed by atoms with Crippen molar-refractivity contribution in [3.05, 3.63) is 23.5 Å². The van der Waals surface area contributed by atoms with Crippen molar-refractivity contribution in [2.24, 2.45) is 5.92 Å². The minimum Gasteiger partial charge on any atom is -0.378 e. The molecular formula is C10H15N3OS. The smallest absolute Gasteiger partial charge is 0.193 e. The van der Waals surface area contributed by atoms with Crippen molar-refractivity contribution in [1.29, 1.82) is 0 Å². The summed E-state index contributed by atoms with van der Waals surface area (Å²) >= 11 is 1.62. The predicted octanol–water partition coefficient (Wildman–Crippen LogP) is 1.11. The Morgan fingerprint density at radius 3 is 3.13 bits per heavy atom. The van der Waals surface area contributed by atoms with E-state index in [9.17, 15) is 5.11 Å². The van der Waals surface area contributed by atoms with E-state index < -0.39 is 6.23 Å². The van der Waals surface area contributed by atoms with Gasteiger partial charge in [0.05, 0.1) is 5.69 Å². The molecule has 0 saturated heterocycles. The van der Waals surface area contributed by atoms with Crippen LogP contribution in [0.4, 0.5) is 0 Å². The van der Waals surface area contributed by atoms with Gasteiger partial charge < -0.3 is 5.11 Å². The third kappa shape index (κ3) is 2.19. The van der Waals surface area contributed by atoms with E-state index in [4.69, 9.17) is 0 Å². The maximum atomic E-state index is 9.57. The molecule has 0 saturated carbocycles. The lowest BCUT2D eigenvalue weighted by Gasteiger charge is -2.16. The van der Waals surface area contributed by atoms with E-state index in [1.54, 1.807) is 18.4 Å². The first kappa shape index (κ1) is 10.6. The number of nitrogens with one attached hydrogen (secondary N) is 1. The van der Waals surface area contributed by atoms with Crippen molar-refractivity contribution >= 4 is 16.3 Å². The van der Waals surface area contributed by atoms with Crippen LogP contribution in [0.25, 0.3) is 4.96 Å². The lowest BCUT2D eigenvalue weighted by atomic mass is 10.0. The van der Waals surface area contributed by atoms with E-state index in [0.29, 0.717) is 0 Å². The zero-order chi connectivity index (χ0) is 10.8. The van der Waals surface area contributed by atoms with Gasteiger partial charge in [0, 0.05) is 23.7 Å². The average molecular weight is 225 g/mol. The van der Waals surface area contributed by atoms with Crippen LogP contribution in [0, 0.1) is 5.92 Å². The van der Waals surface area contributed by atoms with Gasteiger partial charge in [0.15, 0.2) is 4.96 Å². The fourth-order valence-electron chi connectivity index (χ4n) is 1.60. The normalized spacial score (nSPS) is 15.7. The number of hydrogen-bond donors (Lipinski definition) is 2. The first-order valence-electron chi connectivity index (χ1n) is 4.97. The van der Waals surface area contributed by atoms with Gasteiger partial charge in [-0.1, -0.05) is 6.92 Å². The number of fused-ring (bicyclic) bond motifs is 1. The highest BCUT2D eigenvalue weighted by atomic mass is 32.1. The van der Waals surface area contributed by atoms with E-state index in [2.05, 4.69) is 10.3 Å². The highest BCUT2D eigenvalue weighted by Crippen LogP contribution is 2.15. The highest BCUT2D eigenvalue weighted by molar-refractivity contribution is 7.15. The van der Waals surface area contributed by atoms with Crippen LogP contribution in [-0.2, 0) is 6.42 Å². The van der Waals surface area contributed by atoms with Crippen molar-refractivity contribution in [3.8, 4) is 0 Å². The maximum Gasteiger partial charge on any atom is 0.193 e. The molecule has 0 amide bonds. The molecule has 0 radical (unpaired) electrons. The van der Waals surface area contributed by atoms with Gasteiger partial charge in [-0.15, -0.1) is 11.3 Å². The molecule has 82 valence electrons. The molecule has 4 nitrogen and oxygen atoms in total. The van der Waals surface area contributed by atoms with Gasteiger partial charge in [0.2, 0.25) is 0 Å². The summed E-state index contributed by atoms with van der Waals surface area (Å²) in [7, 11) is 1.76. The number of imidazole rings is 1. The first-order chi connectivity index (χ1) is 7.20. The molecule has 15 heavy (non-hydrogen) atoms. The summed E-state index contributed by atoms with van der Waals surface area (Å²) in [6, 6.07) is 0. The van der Waals surface area contributed by atoms with Crippen LogP contribution in [0.15, 0.2) is 17.8 Å². The molecule has 0 spiro atoms. The zero-order valence-corrected chi connectivity index (χ0v) is 9.66. The van der Waals surface area contributed by atoms with Crippen LogP contribution >= 0.6 is 11.3 Å². The third-order valence-electron chi connectivity index (χ3n) is 2.51. The van der Waals surface area contributed by atoms with Crippen LogP contribution in [-0.4, -0.2) is 27.8 Å². The van der Waals surface area contributed by atoms with Crippen LogP contribution < -0.4 is 5.32 Å². The Kier molecular flexibility index (Phi) is 3.04. The van der Waals surface area contributed by atoms with Gasteiger partial charge in [0.25, 0.3) is 0 Å². The summed E-state index contributed by atoms with van der Waals surface area (Å²) in [5.41, 5.74) is 1.03. The standard InChI is InChI=1S/C10H15N3OS/c1-7(9(14)11-2)5-8-6-13-3-4-15-10(13)12-8/h3-4,6-7,9,11,14H,5H2,1-2H3. The van der Waals surface area contributed by atoms with Crippen LogP contribution in [0.1, 0.15) is 12.6 Å². The molecule has 0 bridgehead atoms. The SMILES string of the molecule is CNC(O)C(C)Cc1cn2ccsc2n1. The van der Waals surface area contributed by atoms with E-state index >= 15 is 0 Å². The second-order valence-electron chi connectivity index (χ2n) is 3.74. The summed E-state index contributed by atoms with van der Waals surface area (Å²) in [6.45, 7) is 2.01. The van der Waals surface area contributed by atoms with Crippen molar-refractivity contribution < 1.29 is 5.11 Å². The lowest BCUT2D eigenvalue weighted by Crippen LogP contribution is -2.32. The summed E-state index contributed by atoms with van der Waals surface area (Å²) in [4.78, 5) is 5.48. The largest absolute Gasteiger partial charge is 0.378 e. The molecule has 2 rings (SSSR count). The van der Waals surface area contributed by atoms with E-state index in [1.807, 2.05) is 29.1 Å². The Labute approximate surface area is 92.6 Å². The molecule has 5 heteroatoms. The Morgan fingerprint density at radius 1 is 1.67 bits per heavy atom. The number of hydrogen-bond acceptors (Lipinski definition) is 4. The Balaban J connectivity index is 2.09. The molecule has 0 fully saturated rings. The highest BCUT2D eigenvalue weighted by Gasteiger charge is 2.14. The van der Waals surface area contributed by atoms with Crippen molar-refractivity contribution in [1.82, 2.24) is 14.7 Å². The summed E-state index contributed by atoms with van der Waals surface area (Å²) in [5.74, 6) is 0.166. The Morgan fingerprint density at radius 2 is 2.47 bits per heavy atom. The maximum absolute atomic E-state index is 9.57. The monoisotopic (exact) mass is 225 g/mol. The molecule has 2 unspecified atom stereocenters. The number of aromatic nitrogens is 2. The molecule has 2 aromatic rings. The fourth-order valence-corrected chi connectivity index (χ4v) is 2.32. The van der Waals surface area contributed by atoms with Gasteiger partial charge in [0.1, 0.15) is 6.23 Å². The van der Waals surface area contributed by atoms with Crippen molar-refractivity contribution in [2.45, 2.75) is 19.6 Å². The molecule has 0 aliphatic carbocycles. The quantitative estimate of drug-likeness (QED) is 0.766. The molecule has 0 aliphatic rings. The van der Waals surface area contributed by atoms with Gasteiger partial charge >= 0.3 is 0 Å². The van der Waals surface area contributed by atoms with Gasteiger partial charge in [-0.05, 0) is 13.5 Å². The fraction of sp³-hybridized carbons (Fsp3) is 0.500. The summed E-state index contributed by atoms with van der Waals surface area (Å²) in [6.07, 6.45) is 4.33. The van der Waals surface area contributed by atoms with E-state index in [1.165, 1.54) is 0 Å². The topological polar surface area (TPSA) is 49.6 Å². The van der Waals surface area contributed by atoms with Crippen LogP contribution in [0.2, 0.25) is 0 Å². The molecule has 2 N–H and O–H groups in total. The van der Waals surface area contributed by atoms with E-state index in [0.717, 1.165) is 17.1 Å². The number of nitrogens with zero attached hydrogens (tertiary/aromatic N) is 2. The molecule has 2 heterocycles. The van der Waals surface area contributed by atoms with E-state index in [-0.39, 0.29) is 5.92 Å². The molecule has 0 aliphatic heterocycles. The summed E-state index contributed by atoms with van der Waals surface area (Å²) < 4.78 is 2.01. The second-order valence-corrected chi connectivity index (χ2v) is 4.61. The molecule has 0 aromatic carbocycles.